The molecule has 2 atom stereocenters. The summed E-state index contributed by atoms with van der Waals surface area (Å²) in [6.45, 7) is 4.63. The van der Waals surface area contributed by atoms with Gasteiger partial charge in [0.2, 0.25) is 0 Å². The Morgan fingerprint density at radius 2 is 2.36 bits per heavy atom. The van der Waals surface area contributed by atoms with Crippen LogP contribution < -0.4 is 5.32 Å². The second kappa shape index (κ2) is 6.54. The van der Waals surface area contributed by atoms with E-state index in [9.17, 15) is 4.79 Å². The second-order valence-electron chi connectivity index (χ2n) is 5.46. The van der Waals surface area contributed by atoms with Gasteiger partial charge in [-0.2, -0.15) is 0 Å². The third kappa shape index (κ3) is 3.18. The molecular formula is C16H19N3O2S. The number of hydrogen-bond donors (Lipinski definition) is 1. The molecule has 1 fully saturated rings. The minimum absolute atomic E-state index is 0.00907. The fourth-order valence-electron chi connectivity index (χ4n) is 2.57. The zero-order valence-electron chi connectivity index (χ0n) is 12.7. The predicted molar refractivity (Wildman–Crippen MR) is 86.0 cm³/mol. The van der Waals surface area contributed by atoms with Crippen molar-refractivity contribution in [3.63, 3.8) is 0 Å². The lowest BCUT2D eigenvalue weighted by molar-refractivity contribution is 0.0714. The van der Waals surface area contributed by atoms with Crippen LogP contribution in [0.1, 0.15) is 35.1 Å². The summed E-state index contributed by atoms with van der Waals surface area (Å²) in [5.74, 6) is -0.0832. The van der Waals surface area contributed by atoms with Crippen molar-refractivity contribution in [3.05, 3.63) is 35.0 Å². The minimum atomic E-state index is -0.0832. The number of thiazole rings is 1. The third-order valence-electron chi connectivity index (χ3n) is 3.77. The van der Waals surface area contributed by atoms with Crippen LogP contribution in [-0.4, -0.2) is 34.6 Å². The lowest BCUT2D eigenvalue weighted by Crippen LogP contribution is -2.40. The third-order valence-corrected chi connectivity index (χ3v) is 4.95. The molecule has 0 unspecified atom stereocenters. The highest BCUT2D eigenvalue weighted by Crippen LogP contribution is 2.26. The number of aromatic nitrogens is 2. The Balaban J connectivity index is 1.74. The van der Waals surface area contributed by atoms with Gasteiger partial charge in [-0.15, -0.1) is 11.3 Å². The smallest absolute Gasteiger partial charge is 0.263 e. The average molecular weight is 317 g/mol. The van der Waals surface area contributed by atoms with Gasteiger partial charge in [0.15, 0.2) is 0 Å². The maximum Gasteiger partial charge on any atom is 0.263 e. The molecule has 1 amide bonds. The number of rotatable bonds is 4. The van der Waals surface area contributed by atoms with Gasteiger partial charge in [-0.1, -0.05) is 6.07 Å². The van der Waals surface area contributed by atoms with Crippen molar-refractivity contribution in [3.8, 4) is 10.7 Å². The number of aryl methyl sites for hydroxylation is 1. The molecule has 6 heteroatoms. The predicted octanol–water partition coefficient (Wildman–Crippen LogP) is 2.81. The van der Waals surface area contributed by atoms with E-state index in [-0.39, 0.29) is 18.1 Å². The highest BCUT2D eigenvalue weighted by Gasteiger charge is 2.25. The average Bonchev–Trinajstić information content (AvgIpc) is 3.17. The van der Waals surface area contributed by atoms with Gasteiger partial charge in [0.1, 0.15) is 9.88 Å². The van der Waals surface area contributed by atoms with Crippen molar-refractivity contribution >= 4 is 17.2 Å². The van der Waals surface area contributed by atoms with Crippen LogP contribution in [0.5, 0.6) is 0 Å². The van der Waals surface area contributed by atoms with Crippen LogP contribution >= 0.6 is 11.3 Å². The lowest BCUT2D eigenvalue weighted by atomic mass is 10.1. The highest BCUT2D eigenvalue weighted by atomic mass is 32.1. The molecule has 0 saturated carbocycles. The van der Waals surface area contributed by atoms with E-state index in [0.29, 0.717) is 4.88 Å². The van der Waals surface area contributed by atoms with E-state index >= 15 is 0 Å². The maximum absolute atomic E-state index is 12.5. The summed E-state index contributed by atoms with van der Waals surface area (Å²) in [6, 6.07) is 5.68. The van der Waals surface area contributed by atoms with Gasteiger partial charge in [-0.05, 0) is 38.8 Å². The molecule has 0 spiro atoms. The number of ether oxygens (including phenoxy) is 1. The van der Waals surface area contributed by atoms with Gasteiger partial charge < -0.3 is 10.1 Å². The Morgan fingerprint density at radius 3 is 3.05 bits per heavy atom. The molecule has 1 N–H and O–H groups in total. The van der Waals surface area contributed by atoms with Crippen molar-refractivity contribution < 1.29 is 9.53 Å². The van der Waals surface area contributed by atoms with Crippen molar-refractivity contribution in [2.45, 2.75) is 38.8 Å². The largest absolute Gasteiger partial charge is 0.376 e. The molecule has 1 aliphatic heterocycles. The normalized spacial score (nSPS) is 19.1. The van der Waals surface area contributed by atoms with Crippen LogP contribution in [0.4, 0.5) is 0 Å². The first-order chi connectivity index (χ1) is 10.6. The first-order valence-electron chi connectivity index (χ1n) is 7.46. The maximum atomic E-state index is 12.5. The number of pyridine rings is 1. The Labute approximate surface area is 133 Å². The SMILES string of the molecule is Cc1nc(-c2ccccn2)sc1C(=O)N[C@H](C)[C@@H]1CCCO1. The summed E-state index contributed by atoms with van der Waals surface area (Å²) in [5.41, 5.74) is 1.53. The van der Waals surface area contributed by atoms with E-state index in [0.717, 1.165) is 35.8 Å². The first-order valence-corrected chi connectivity index (χ1v) is 8.28. The van der Waals surface area contributed by atoms with Gasteiger partial charge in [-0.25, -0.2) is 4.98 Å². The molecule has 3 heterocycles. The van der Waals surface area contributed by atoms with E-state index in [1.54, 1.807) is 6.20 Å². The number of nitrogens with one attached hydrogen (secondary N) is 1. The van der Waals surface area contributed by atoms with E-state index in [4.69, 9.17) is 4.74 Å². The van der Waals surface area contributed by atoms with E-state index < -0.39 is 0 Å². The van der Waals surface area contributed by atoms with Crippen LogP contribution in [0, 0.1) is 6.92 Å². The molecule has 0 aromatic carbocycles. The van der Waals surface area contributed by atoms with Gasteiger partial charge in [0.05, 0.1) is 23.5 Å². The van der Waals surface area contributed by atoms with Crippen molar-refractivity contribution in [2.75, 3.05) is 6.61 Å². The number of amides is 1. The standard InChI is InChI=1S/C16H19N3O2S/c1-10(13-7-5-9-21-13)18-15(20)14-11(2)19-16(22-14)12-6-3-4-8-17-12/h3-4,6,8,10,13H,5,7,9H2,1-2H3,(H,18,20)/t10-,13+/m1/s1. The number of hydrogen-bond acceptors (Lipinski definition) is 5. The first kappa shape index (κ1) is 15.1. The number of carbonyl (C=O) groups excluding carboxylic acids is 1. The summed E-state index contributed by atoms with van der Waals surface area (Å²) in [4.78, 5) is 21.9. The Hall–Kier alpha value is -1.79. The Bertz CT molecular complexity index is 651. The zero-order valence-corrected chi connectivity index (χ0v) is 13.5. The van der Waals surface area contributed by atoms with Crippen LogP contribution in [-0.2, 0) is 4.74 Å². The van der Waals surface area contributed by atoms with Crippen LogP contribution in [0.15, 0.2) is 24.4 Å². The van der Waals surface area contributed by atoms with Crippen molar-refractivity contribution in [2.24, 2.45) is 0 Å². The fourth-order valence-corrected chi connectivity index (χ4v) is 3.51. The van der Waals surface area contributed by atoms with Crippen molar-refractivity contribution in [1.82, 2.24) is 15.3 Å². The van der Waals surface area contributed by atoms with E-state index in [1.807, 2.05) is 32.0 Å². The molecule has 116 valence electrons. The molecule has 5 nitrogen and oxygen atoms in total. The van der Waals surface area contributed by atoms with E-state index in [2.05, 4.69) is 15.3 Å². The van der Waals surface area contributed by atoms with Gasteiger partial charge in [-0.3, -0.25) is 9.78 Å². The zero-order chi connectivity index (χ0) is 15.5. The molecule has 0 aliphatic carbocycles. The van der Waals surface area contributed by atoms with Crippen LogP contribution in [0.2, 0.25) is 0 Å². The topological polar surface area (TPSA) is 64.1 Å². The fraction of sp³-hybridized carbons (Fsp3) is 0.438. The van der Waals surface area contributed by atoms with Gasteiger partial charge in [0.25, 0.3) is 5.91 Å². The summed E-state index contributed by atoms with van der Waals surface area (Å²) in [5, 5.41) is 3.80. The molecule has 3 rings (SSSR count). The molecule has 0 bridgehead atoms. The number of nitrogens with zero attached hydrogens (tertiary/aromatic N) is 2. The Morgan fingerprint density at radius 1 is 1.50 bits per heavy atom. The summed E-state index contributed by atoms with van der Waals surface area (Å²) >= 11 is 1.38. The Kier molecular flexibility index (Phi) is 4.49. The quantitative estimate of drug-likeness (QED) is 0.942. The minimum Gasteiger partial charge on any atom is -0.376 e. The molecule has 0 radical (unpaired) electrons. The highest BCUT2D eigenvalue weighted by molar-refractivity contribution is 7.17. The summed E-state index contributed by atoms with van der Waals surface area (Å²) < 4.78 is 5.62. The molecule has 1 aliphatic rings. The van der Waals surface area contributed by atoms with Gasteiger partial charge in [0, 0.05) is 12.8 Å². The monoisotopic (exact) mass is 317 g/mol. The molecule has 2 aromatic heterocycles. The summed E-state index contributed by atoms with van der Waals surface area (Å²) in [6.07, 6.45) is 3.91. The van der Waals surface area contributed by atoms with Crippen LogP contribution in [0.3, 0.4) is 0 Å². The molecule has 22 heavy (non-hydrogen) atoms. The van der Waals surface area contributed by atoms with Gasteiger partial charge >= 0.3 is 0 Å². The molecular weight excluding hydrogens is 298 g/mol. The lowest BCUT2D eigenvalue weighted by Gasteiger charge is -2.19. The van der Waals surface area contributed by atoms with E-state index in [1.165, 1.54) is 11.3 Å². The van der Waals surface area contributed by atoms with Crippen LogP contribution in [0.25, 0.3) is 10.7 Å². The summed E-state index contributed by atoms with van der Waals surface area (Å²) in [7, 11) is 0. The molecule has 1 saturated heterocycles. The number of carbonyl (C=O) groups is 1. The molecule has 2 aromatic rings. The second-order valence-corrected chi connectivity index (χ2v) is 6.46. The van der Waals surface area contributed by atoms with Crippen molar-refractivity contribution in [1.29, 1.82) is 0 Å².